The highest BCUT2D eigenvalue weighted by atomic mass is 15.1. The van der Waals surface area contributed by atoms with E-state index in [0.29, 0.717) is 12.1 Å². The summed E-state index contributed by atoms with van der Waals surface area (Å²) in [7, 11) is 2.25. The summed E-state index contributed by atoms with van der Waals surface area (Å²) >= 11 is 0. The molecular weight excluding hydrogens is 208 g/mol. The second-order valence-corrected chi connectivity index (χ2v) is 6.09. The minimum absolute atomic E-state index is 0.439. The third-order valence-electron chi connectivity index (χ3n) is 4.71. The molecule has 0 radical (unpaired) electrons. The number of nitrogens with two attached hydrogens (primary N) is 1. The molecule has 0 aromatic carbocycles. The molecule has 2 nitrogen and oxygen atoms in total. The van der Waals surface area contributed by atoms with Crippen LogP contribution in [0.4, 0.5) is 0 Å². The number of hydrogen-bond donors (Lipinski definition) is 1. The lowest BCUT2D eigenvalue weighted by Crippen LogP contribution is -2.44. The van der Waals surface area contributed by atoms with Gasteiger partial charge in [-0.3, -0.25) is 0 Å². The van der Waals surface area contributed by atoms with Gasteiger partial charge in [0.2, 0.25) is 0 Å². The van der Waals surface area contributed by atoms with Crippen molar-refractivity contribution in [3.8, 4) is 0 Å². The number of nitrogens with zero attached hydrogens (tertiary/aromatic N) is 1. The fourth-order valence-corrected chi connectivity index (χ4v) is 3.13. The standard InChI is InChI=1S/C15H32N2/c1-5-7-13-8-9-15(16)14(10-13)11-17(4)12(3)6-2/h12-15H,5-11,16H2,1-4H3. The summed E-state index contributed by atoms with van der Waals surface area (Å²) in [6, 6.07) is 1.13. The van der Waals surface area contributed by atoms with E-state index in [4.69, 9.17) is 5.73 Å². The van der Waals surface area contributed by atoms with Crippen LogP contribution >= 0.6 is 0 Å². The maximum absolute atomic E-state index is 6.30. The van der Waals surface area contributed by atoms with E-state index in [2.05, 4.69) is 32.7 Å². The molecule has 2 N–H and O–H groups in total. The Balaban J connectivity index is 2.43. The lowest BCUT2D eigenvalue weighted by molar-refractivity contribution is 0.144. The zero-order chi connectivity index (χ0) is 12.8. The Kier molecular flexibility index (Phi) is 6.50. The van der Waals surface area contributed by atoms with Gasteiger partial charge in [0.1, 0.15) is 0 Å². The Labute approximate surface area is 108 Å². The molecule has 0 amide bonds. The molecule has 1 rings (SSSR count). The molecule has 0 aliphatic heterocycles. The molecule has 0 bridgehead atoms. The van der Waals surface area contributed by atoms with Gasteiger partial charge in [0.05, 0.1) is 0 Å². The van der Waals surface area contributed by atoms with Crippen LogP contribution in [-0.4, -0.2) is 30.6 Å². The zero-order valence-electron chi connectivity index (χ0n) is 12.3. The van der Waals surface area contributed by atoms with Gasteiger partial charge in [-0.05, 0) is 51.5 Å². The van der Waals surface area contributed by atoms with E-state index >= 15 is 0 Å². The quantitative estimate of drug-likeness (QED) is 0.772. The highest BCUT2D eigenvalue weighted by Gasteiger charge is 2.28. The van der Waals surface area contributed by atoms with E-state index in [1.807, 2.05) is 0 Å². The van der Waals surface area contributed by atoms with E-state index in [1.54, 1.807) is 0 Å². The lowest BCUT2D eigenvalue weighted by atomic mass is 9.76. The van der Waals surface area contributed by atoms with Crippen molar-refractivity contribution >= 4 is 0 Å². The average Bonchev–Trinajstić information content (AvgIpc) is 2.32. The zero-order valence-corrected chi connectivity index (χ0v) is 12.3. The largest absolute Gasteiger partial charge is 0.327 e. The van der Waals surface area contributed by atoms with E-state index < -0.39 is 0 Å². The van der Waals surface area contributed by atoms with Crippen LogP contribution in [-0.2, 0) is 0 Å². The highest BCUT2D eigenvalue weighted by Crippen LogP contribution is 2.31. The van der Waals surface area contributed by atoms with Crippen molar-refractivity contribution in [3.63, 3.8) is 0 Å². The molecule has 17 heavy (non-hydrogen) atoms. The monoisotopic (exact) mass is 240 g/mol. The Morgan fingerprint density at radius 1 is 1.29 bits per heavy atom. The van der Waals surface area contributed by atoms with Gasteiger partial charge in [-0.15, -0.1) is 0 Å². The van der Waals surface area contributed by atoms with Crippen molar-refractivity contribution in [3.05, 3.63) is 0 Å². The predicted octanol–water partition coefficient (Wildman–Crippen LogP) is 3.26. The van der Waals surface area contributed by atoms with Crippen molar-refractivity contribution in [2.45, 2.75) is 71.4 Å². The third-order valence-corrected chi connectivity index (χ3v) is 4.71. The van der Waals surface area contributed by atoms with Gasteiger partial charge in [-0.25, -0.2) is 0 Å². The van der Waals surface area contributed by atoms with Crippen LogP contribution in [0.1, 0.15) is 59.3 Å². The molecule has 1 aliphatic carbocycles. The second kappa shape index (κ2) is 7.38. The normalized spacial score (nSPS) is 31.8. The third kappa shape index (κ3) is 4.59. The Hall–Kier alpha value is -0.0800. The number of hydrogen-bond acceptors (Lipinski definition) is 2. The molecule has 1 fully saturated rings. The molecule has 0 spiro atoms. The average molecular weight is 240 g/mol. The minimum Gasteiger partial charge on any atom is -0.327 e. The van der Waals surface area contributed by atoms with Crippen molar-refractivity contribution in [1.82, 2.24) is 4.90 Å². The molecule has 0 heterocycles. The second-order valence-electron chi connectivity index (χ2n) is 6.09. The van der Waals surface area contributed by atoms with Gasteiger partial charge in [-0.1, -0.05) is 26.7 Å². The summed E-state index contributed by atoms with van der Waals surface area (Å²) in [6.07, 6.45) is 7.92. The molecule has 4 atom stereocenters. The van der Waals surface area contributed by atoms with Crippen LogP contribution in [0.2, 0.25) is 0 Å². The van der Waals surface area contributed by atoms with Crippen molar-refractivity contribution in [1.29, 1.82) is 0 Å². The van der Waals surface area contributed by atoms with Gasteiger partial charge in [0, 0.05) is 18.6 Å². The first-order valence-electron chi connectivity index (χ1n) is 7.54. The summed E-state index contributed by atoms with van der Waals surface area (Å²) in [5.74, 6) is 1.66. The van der Waals surface area contributed by atoms with Gasteiger partial charge in [0.15, 0.2) is 0 Å². The SMILES string of the molecule is CCCC1CCC(N)C(CN(C)C(C)CC)C1. The van der Waals surface area contributed by atoms with Crippen molar-refractivity contribution in [2.24, 2.45) is 17.6 Å². The maximum Gasteiger partial charge on any atom is 0.00795 e. The molecule has 1 aliphatic rings. The van der Waals surface area contributed by atoms with E-state index in [9.17, 15) is 0 Å². The van der Waals surface area contributed by atoms with E-state index in [0.717, 1.165) is 11.8 Å². The summed E-state index contributed by atoms with van der Waals surface area (Å²) in [4.78, 5) is 2.50. The minimum atomic E-state index is 0.439. The summed E-state index contributed by atoms with van der Waals surface area (Å²) in [5.41, 5.74) is 6.30. The first-order chi connectivity index (χ1) is 8.08. The predicted molar refractivity (Wildman–Crippen MR) is 76.1 cm³/mol. The topological polar surface area (TPSA) is 29.3 Å². The smallest absolute Gasteiger partial charge is 0.00795 e. The molecule has 0 aromatic rings. The van der Waals surface area contributed by atoms with Crippen LogP contribution in [0.25, 0.3) is 0 Å². The van der Waals surface area contributed by atoms with Crippen LogP contribution in [0.3, 0.4) is 0 Å². The molecule has 0 saturated heterocycles. The molecule has 2 heteroatoms. The fraction of sp³-hybridized carbons (Fsp3) is 1.00. The molecule has 102 valence electrons. The summed E-state index contributed by atoms with van der Waals surface area (Å²) in [6.45, 7) is 8.07. The number of rotatable bonds is 6. The first kappa shape index (κ1) is 15.0. The Morgan fingerprint density at radius 3 is 2.59 bits per heavy atom. The van der Waals surface area contributed by atoms with Gasteiger partial charge in [0.25, 0.3) is 0 Å². The van der Waals surface area contributed by atoms with Gasteiger partial charge < -0.3 is 10.6 Å². The molecule has 0 aromatic heterocycles. The van der Waals surface area contributed by atoms with Gasteiger partial charge in [-0.2, -0.15) is 0 Å². The summed E-state index contributed by atoms with van der Waals surface area (Å²) in [5, 5.41) is 0. The van der Waals surface area contributed by atoms with Crippen LogP contribution < -0.4 is 5.73 Å². The molecule has 4 unspecified atom stereocenters. The van der Waals surface area contributed by atoms with Crippen molar-refractivity contribution < 1.29 is 0 Å². The molecule has 1 saturated carbocycles. The Morgan fingerprint density at radius 2 is 2.00 bits per heavy atom. The van der Waals surface area contributed by atoms with Crippen molar-refractivity contribution in [2.75, 3.05) is 13.6 Å². The molecular formula is C15H32N2. The van der Waals surface area contributed by atoms with Crippen LogP contribution in [0.15, 0.2) is 0 Å². The highest BCUT2D eigenvalue weighted by molar-refractivity contribution is 4.84. The van der Waals surface area contributed by atoms with E-state index in [-0.39, 0.29) is 0 Å². The Bertz CT molecular complexity index is 205. The van der Waals surface area contributed by atoms with E-state index in [1.165, 1.54) is 45.1 Å². The van der Waals surface area contributed by atoms with Crippen LogP contribution in [0.5, 0.6) is 0 Å². The summed E-state index contributed by atoms with van der Waals surface area (Å²) < 4.78 is 0. The van der Waals surface area contributed by atoms with Gasteiger partial charge >= 0.3 is 0 Å². The first-order valence-corrected chi connectivity index (χ1v) is 7.54. The van der Waals surface area contributed by atoms with Crippen LogP contribution in [0, 0.1) is 11.8 Å². The maximum atomic E-state index is 6.30. The lowest BCUT2D eigenvalue weighted by Gasteiger charge is -2.37. The fourth-order valence-electron chi connectivity index (χ4n) is 3.13.